The van der Waals surface area contributed by atoms with Gasteiger partial charge in [0.15, 0.2) is 5.78 Å². The van der Waals surface area contributed by atoms with E-state index in [9.17, 15) is 14.4 Å². The van der Waals surface area contributed by atoms with Crippen LogP contribution >= 0.6 is 0 Å². The first-order valence-corrected chi connectivity index (χ1v) is 11.0. The van der Waals surface area contributed by atoms with Gasteiger partial charge in [0.25, 0.3) is 0 Å². The molecule has 0 saturated heterocycles. The smallest absolute Gasteiger partial charge is 0.337 e. The Morgan fingerprint density at radius 2 is 1.97 bits per heavy atom. The number of hydrogen-bond donors (Lipinski definition) is 1. The van der Waals surface area contributed by atoms with E-state index >= 15 is 0 Å². The SMILES string of the molecule is CCOc1cccc([C@@H]2C(C(=O)OC(C)C)=C(C)NC3=C2C(=O)[C@H](C(=O)OC)[C@@H](C)C3)c1. The number of ketones is 1. The number of nitrogens with one attached hydrogen (secondary N) is 1. The van der Waals surface area contributed by atoms with E-state index < -0.39 is 23.8 Å². The molecule has 0 radical (unpaired) electrons. The van der Waals surface area contributed by atoms with E-state index in [1.807, 2.05) is 45.0 Å². The van der Waals surface area contributed by atoms with Crippen LogP contribution in [-0.2, 0) is 23.9 Å². The lowest BCUT2D eigenvalue weighted by Gasteiger charge is -2.38. The highest BCUT2D eigenvalue weighted by Gasteiger charge is 2.47. The van der Waals surface area contributed by atoms with Crippen LogP contribution in [0.5, 0.6) is 5.75 Å². The molecule has 0 fully saturated rings. The lowest BCUT2D eigenvalue weighted by atomic mass is 9.69. The minimum atomic E-state index is -0.918. The predicted octanol–water partition coefficient (Wildman–Crippen LogP) is 3.65. The first-order chi connectivity index (χ1) is 15.2. The van der Waals surface area contributed by atoms with E-state index in [0.29, 0.717) is 35.6 Å². The second kappa shape index (κ2) is 9.59. The fraction of sp³-hybridized carbons (Fsp3) is 0.480. The molecular weight excluding hydrogens is 410 g/mol. The molecule has 3 rings (SSSR count). The number of esters is 2. The number of methoxy groups -OCH3 is 1. The zero-order valence-corrected chi connectivity index (χ0v) is 19.5. The van der Waals surface area contributed by atoms with Crippen molar-refractivity contribution >= 4 is 17.7 Å². The number of Topliss-reactive ketones (excluding diaryl/α,β-unsaturated/α-hetero) is 1. The molecule has 0 spiro atoms. The summed E-state index contributed by atoms with van der Waals surface area (Å²) >= 11 is 0. The number of dihydropyridines is 1. The fourth-order valence-electron chi connectivity index (χ4n) is 4.51. The van der Waals surface area contributed by atoms with Crippen molar-refractivity contribution in [3.63, 3.8) is 0 Å². The third-order valence-corrected chi connectivity index (χ3v) is 5.81. The van der Waals surface area contributed by atoms with Crippen molar-refractivity contribution in [2.45, 2.75) is 53.1 Å². The summed E-state index contributed by atoms with van der Waals surface area (Å²) in [5, 5.41) is 3.25. The molecule has 3 atom stereocenters. The first-order valence-electron chi connectivity index (χ1n) is 11.0. The Labute approximate surface area is 188 Å². The molecule has 2 aliphatic rings. The van der Waals surface area contributed by atoms with Crippen LogP contribution in [0.1, 0.15) is 52.5 Å². The summed E-state index contributed by atoms with van der Waals surface area (Å²) in [6, 6.07) is 7.35. The maximum atomic E-state index is 13.7. The minimum absolute atomic E-state index is 0.228. The number of hydrogen-bond acceptors (Lipinski definition) is 7. The van der Waals surface area contributed by atoms with Crippen LogP contribution in [-0.4, -0.2) is 37.5 Å². The number of allylic oxidation sites excluding steroid dienone is 3. The number of carbonyl (C=O) groups excluding carboxylic acids is 3. The summed E-state index contributed by atoms with van der Waals surface area (Å²) < 4.78 is 16.1. The van der Waals surface area contributed by atoms with E-state index in [4.69, 9.17) is 14.2 Å². The number of benzene rings is 1. The van der Waals surface area contributed by atoms with Crippen molar-refractivity contribution in [1.82, 2.24) is 5.32 Å². The van der Waals surface area contributed by atoms with Gasteiger partial charge in [-0.1, -0.05) is 19.1 Å². The van der Waals surface area contributed by atoms with E-state index in [1.165, 1.54) is 7.11 Å². The van der Waals surface area contributed by atoms with Crippen LogP contribution in [0.4, 0.5) is 0 Å². The van der Waals surface area contributed by atoms with Gasteiger partial charge in [-0.15, -0.1) is 0 Å². The quantitative estimate of drug-likeness (QED) is 0.532. The zero-order chi connectivity index (χ0) is 23.6. The Hall–Kier alpha value is -3.09. The first kappa shape index (κ1) is 23.6. The van der Waals surface area contributed by atoms with Crippen molar-refractivity contribution in [3.8, 4) is 5.75 Å². The molecule has 7 heteroatoms. The topological polar surface area (TPSA) is 90.9 Å². The molecule has 1 aliphatic carbocycles. The van der Waals surface area contributed by atoms with Gasteiger partial charge in [0, 0.05) is 22.9 Å². The van der Waals surface area contributed by atoms with Crippen molar-refractivity contribution < 1.29 is 28.6 Å². The lowest BCUT2D eigenvalue weighted by molar-refractivity contribution is -0.151. The predicted molar refractivity (Wildman–Crippen MR) is 119 cm³/mol. The molecule has 0 amide bonds. The van der Waals surface area contributed by atoms with Crippen molar-refractivity contribution in [3.05, 3.63) is 52.4 Å². The molecule has 32 heavy (non-hydrogen) atoms. The third kappa shape index (κ3) is 4.42. The second-order valence-corrected chi connectivity index (χ2v) is 8.49. The Kier molecular flexibility index (Phi) is 7.06. The van der Waals surface area contributed by atoms with E-state index in [-0.39, 0.29) is 17.8 Å². The summed E-state index contributed by atoms with van der Waals surface area (Å²) in [5.41, 5.74) is 2.86. The van der Waals surface area contributed by atoms with Gasteiger partial charge in [-0.3, -0.25) is 9.59 Å². The van der Waals surface area contributed by atoms with Gasteiger partial charge in [0.05, 0.1) is 25.4 Å². The largest absolute Gasteiger partial charge is 0.494 e. The van der Waals surface area contributed by atoms with Gasteiger partial charge < -0.3 is 19.5 Å². The van der Waals surface area contributed by atoms with Crippen LogP contribution < -0.4 is 10.1 Å². The van der Waals surface area contributed by atoms with Crippen LogP contribution in [0, 0.1) is 11.8 Å². The molecule has 172 valence electrons. The molecule has 1 heterocycles. The van der Waals surface area contributed by atoms with Gasteiger partial charge in [0.1, 0.15) is 11.7 Å². The fourth-order valence-corrected chi connectivity index (χ4v) is 4.51. The van der Waals surface area contributed by atoms with Crippen molar-refractivity contribution in [2.24, 2.45) is 11.8 Å². The van der Waals surface area contributed by atoms with Crippen LogP contribution in [0.25, 0.3) is 0 Å². The summed E-state index contributed by atoms with van der Waals surface area (Å²) in [7, 11) is 1.28. The normalized spacial score (nSPS) is 23.0. The summed E-state index contributed by atoms with van der Waals surface area (Å²) in [6.45, 7) is 9.60. The molecule has 1 aliphatic heterocycles. The molecule has 0 unspecified atom stereocenters. The summed E-state index contributed by atoms with van der Waals surface area (Å²) in [4.78, 5) is 39.3. The van der Waals surface area contributed by atoms with Gasteiger partial charge in [-0.05, 0) is 57.7 Å². The number of ether oxygens (including phenoxy) is 3. The molecule has 1 aromatic carbocycles. The average Bonchev–Trinajstić information content (AvgIpc) is 2.72. The third-order valence-electron chi connectivity index (χ3n) is 5.81. The Morgan fingerprint density at radius 1 is 1.25 bits per heavy atom. The van der Waals surface area contributed by atoms with Gasteiger partial charge in [-0.25, -0.2) is 4.79 Å². The molecule has 1 N–H and O–H groups in total. The average molecular weight is 442 g/mol. The van der Waals surface area contributed by atoms with E-state index in [1.54, 1.807) is 13.8 Å². The molecule has 0 bridgehead atoms. The highest BCUT2D eigenvalue weighted by Crippen LogP contribution is 2.46. The molecule has 0 saturated carbocycles. The van der Waals surface area contributed by atoms with Crippen molar-refractivity contribution in [1.29, 1.82) is 0 Å². The highest BCUT2D eigenvalue weighted by molar-refractivity contribution is 6.12. The molecular formula is C25H31NO6. The van der Waals surface area contributed by atoms with Gasteiger partial charge in [-0.2, -0.15) is 0 Å². The molecule has 7 nitrogen and oxygen atoms in total. The van der Waals surface area contributed by atoms with Crippen LogP contribution in [0.3, 0.4) is 0 Å². The Bertz CT molecular complexity index is 990. The molecule has 0 aromatic heterocycles. The van der Waals surface area contributed by atoms with E-state index in [0.717, 1.165) is 11.3 Å². The van der Waals surface area contributed by atoms with Gasteiger partial charge >= 0.3 is 11.9 Å². The Morgan fingerprint density at radius 3 is 2.59 bits per heavy atom. The van der Waals surface area contributed by atoms with Crippen molar-refractivity contribution in [2.75, 3.05) is 13.7 Å². The zero-order valence-electron chi connectivity index (χ0n) is 19.5. The minimum Gasteiger partial charge on any atom is -0.494 e. The maximum Gasteiger partial charge on any atom is 0.337 e. The lowest BCUT2D eigenvalue weighted by Crippen LogP contribution is -2.43. The molecule has 1 aromatic rings. The van der Waals surface area contributed by atoms with Crippen LogP contribution in [0.15, 0.2) is 46.8 Å². The van der Waals surface area contributed by atoms with E-state index in [2.05, 4.69) is 5.32 Å². The number of rotatable bonds is 6. The summed E-state index contributed by atoms with van der Waals surface area (Å²) in [5.74, 6) is -2.57. The highest BCUT2D eigenvalue weighted by atomic mass is 16.5. The summed E-state index contributed by atoms with van der Waals surface area (Å²) in [6.07, 6.45) is 0.172. The Balaban J connectivity index is 2.19. The van der Waals surface area contributed by atoms with Crippen LogP contribution in [0.2, 0.25) is 0 Å². The second-order valence-electron chi connectivity index (χ2n) is 8.49. The van der Waals surface area contributed by atoms with Gasteiger partial charge in [0.2, 0.25) is 0 Å². The number of carbonyl (C=O) groups is 3. The maximum absolute atomic E-state index is 13.7. The monoisotopic (exact) mass is 441 g/mol. The standard InChI is InChI=1S/C25H31NO6/c1-7-31-17-10-8-9-16(12-17)21-20(25(29)32-13(2)3)15(5)26-18-11-14(4)19(24(28)30-6)23(27)22(18)21/h8-10,12-14,19,21,26H,7,11H2,1-6H3/t14-,19+,21+/m0/s1.